The molecule has 1 aromatic carbocycles. The molecule has 6 heteroatoms. The molecule has 4 nitrogen and oxygen atoms in total. The lowest BCUT2D eigenvalue weighted by molar-refractivity contribution is 0.184. The summed E-state index contributed by atoms with van der Waals surface area (Å²) < 4.78 is 0.888. The highest BCUT2D eigenvalue weighted by atomic mass is 79.9. The lowest BCUT2D eigenvalue weighted by atomic mass is 9.97. The van der Waals surface area contributed by atoms with Gasteiger partial charge in [0.2, 0.25) is 0 Å². The van der Waals surface area contributed by atoms with Gasteiger partial charge in [0, 0.05) is 17.6 Å². The van der Waals surface area contributed by atoms with Crippen LogP contribution >= 0.6 is 27.5 Å². The van der Waals surface area contributed by atoms with Crippen LogP contribution in [0, 0.1) is 5.92 Å². The second kappa shape index (κ2) is 6.59. The van der Waals surface area contributed by atoms with Crippen molar-refractivity contribution in [1.82, 2.24) is 4.90 Å². The molecular weight excluding hydrogens is 330 g/mol. The molecule has 104 valence electrons. The Kier molecular flexibility index (Phi) is 5.07. The van der Waals surface area contributed by atoms with Crippen molar-refractivity contribution >= 4 is 39.2 Å². The lowest BCUT2D eigenvalue weighted by Crippen LogP contribution is -2.42. The van der Waals surface area contributed by atoms with E-state index in [2.05, 4.69) is 21.2 Å². The molecule has 0 aromatic heterocycles. The molecule has 0 unspecified atom stereocenters. The summed E-state index contributed by atoms with van der Waals surface area (Å²) in [7, 11) is 0. The first-order valence-corrected chi connectivity index (χ1v) is 7.48. The quantitative estimate of drug-likeness (QED) is 0.863. The Morgan fingerprint density at radius 2 is 2.16 bits per heavy atom. The van der Waals surface area contributed by atoms with E-state index >= 15 is 0 Å². The fourth-order valence-corrected chi connectivity index (χ4v) is 2.88. The summed E-state index contributed by atoms with van der Waals surface area (Å²) in [6, 6.07) is 5.30. The minimum atomic E-state index is -0.0975. The number of rotatable bonds is 2. The van der Waals surface area contributed by atoms with Crippen LogP contribution in [0.4, 0.5) is 10.5 Å². The van der Waals surface area contributed by atoms with Gasteiger partial charge in [-0.05, 0) is 43.5 Å². The Bertz CT molecular complexity index is 461. The second-order valence-electron chi connectivity index (χ2n) is 4.72. The van der Waals surface area contributed by atoms with Crippen LogP contribution in [0.2, 0.25) is 5.02 Å². The third-order valence-electron chi connectivity index (χ3n) is 3.41. The summed E-state index contributed by atoms with van der Waals surface area (Å²) in [6.45, 7) is 2.21. The largest absolute Gasteiger partial charge is 0.330 e. The SMILES string of the molecule is NCC1CCN(C(=O)Nc2ccc(Br)cc2Cl)CC1. The van der Waals surface area contributed by atoms with Crippen molar-refractivity contribution < 1.29 is 4.79 Å². The second-order valence-corrected chi connectivity index (χ2v) is 6.04. The van der Waals surface area contributed by atoms with Crippen LogP contribution in [0.5, 0.6) is 0 Å². The lowest BCUT2D eigenvalue weighted by Gasteiger charge is -2.31. The summed E-state index contributed by atoms with van der Waals surface area (Å²) in [4.78, 5) is 13.9. The standard InChI is InChI=1S/C13H17BrClN3O/c14-10-1-2-12(11(15)7-10)17-13(19)18-5-3-9(8-16)4-6-18/h1-2,7,9H,3-6,8,16H2,(H,17,19). The molecular formula is C13H17BrClN3O. The summed E-state index contributed by atoms with van der Waals surface area (Å²) in [5.74, 6) is 0.542. The van der Waals surface area contributed by atoms with Crippen molar-refractivity contribution in [2.24, 2.45) is 11.7 Å². The van der Waals surface area contributed by atoms with Gasteiger partial charge >= 0.3 is 6.03 Å². The van der Waals surface area contributed by atoms with Crippen molar-refractivity contribution in [3.05, 3.63) is 27.7 Å². The van der Waals surface area contributed by atoms with Crippen molar-refractivity contribution in [3.8, 4) is 0 Å². The highest BCUT2D eigenvalue weighted by Crippen LogP contribution is 2.26. The van der Waals surface area contributed by atoms with Gasteiger partial charge in [-0.25, -0.2) is 4.79 Å². The number of piperidine rings is 1. The van der Waals surface area contributed by atoms with E-state index in [0.717, 1.165) is 30.4 Å². The number of anilines is 1. The zero-order valence-electron chi connectivity index (χ0n) is 10.5. The molecule has 0 atom stereocenters. The Morgan fingerprint density at radius 1 is 1.47 bits per heavy atom. The van der Waals surface area contributed by atoms with Crippen LogP contribution < -0.4 is 11.1 Å². The minimum Gasteiger partial charge on any atom is -0.330 e. The maximum Gasteiger partial charge on any atom is 0.321 e. The van der Waals surface area contributed by atoms with E-state index in [9.17, 15) is 4.79 Å². The normalized spacial score (nSPS) is 16.5. The Hall–Kier alpha value is -0.780. The summed E-state index contributed by atoms with van der Waals surface area (Å²) in [5, 5.41) is 3.37. The van der Waals surface area contributed by atoms with E-state index in [1.54, 1.807) is 12.1 Å². The zero-order chi connectivity index (χ0) is 13.8. The monoisotopic (exact) mass is 345 g/mol. The predicted octanol–water partition coefficient (Wildman–Crippen LogP) is 3.31. The summed E-state index contributed by atoms with van der Waals surface area (Å²) >= 11 is 9.41. The fraction of sp³-hybridized carbons (Fsp3) is 0.462. The number of carbonyl (C=O) groups is 1. The van der Waals surface area contributed by atoms with Crippen LogP contribution in [0.25, 0.3) is 0 Å². The molecule has 0 bridgehead atoms. The molecule has 19 heavy (non-hydrogen) atoms. The predicted molar refractivity (Wildman–Crippen MR) is 81.5 cm³/mol. The Labute approximate surface area is 126 Å². The van der Waals surface area contributed by atoms with Crippen LogP contribution in [0.3, 0.4) is 0 Å². The van der Waals surface area contributed by atoms with Crippen molar-refractivity contribution in [2.75, 3.05) is 25.0 Å². The first-order valence-electron chi connectivity index (χ1n) is 6.31. The molecule has 2 rings (SSSR count). The number of halogens is 2. The number of urea groups is 1. The van der Waals surface area contributed by atoms with Gasteiger partial charge in [-0.3, -0.25) is 0 Å². The number of amides is 2. The molecule has 1 fully saturated rings. The number of carbonyl (C=O) groups excluding carboxylic acids is 1. The average Bonchev–Trinajstić information content (AvgIpc) is 2.42. The van der Waals surface area contributed by atoms with E-state index in [0.29, 0.717) is 23.2 Å². The molecule has 3 N–H and O–H groups in total. The molecule has 0 radical (unpaired) electrons. The summed E-state index contributed by atoms with van der Waals surface area (Å²) in [5.41, 5.74) is 6.28. The van der Waals surface area contributed by atoms with Crippen LogP contribution in [-0.2, 0) is 0 Å². The number of hydrogen-bond donors (Lipinski definition) is 2. The molecule has 0 saturated carbocycles. The zero-order valence-corrected chi connectivity index (χ0v) is 12.9. The molecule has 2 amide bonds. The van der Waals surface area contributed by atoms with Crippen LogP contribution in [-0.4, -0.2) is 30.6 Å². The molecule has 1 saturated heterocycles. The third kappa shape index (κ3) is 3.84. The number of likely N-dealkylation sites (tertiary alicyclic amines) is 1. The molecule has 1 aromatic rings. The molecule has 1 heterocycles. The molecule has 1 aliphatic heterocycles. The van der Waals surface area contributed by atoms with Gasteiger partial charge in [0.1, 0.15) is 0 Å². The van der Waals surface area contributed by atoms with Gasteiger partial charge in [0.05, 0.1) is 10.7 Å². The van der Waals surface area contributed by atoms with Crippen molar-refractivity contribution in [2.45, 2.75) is 12.8 Å². The van der Waals surface area contributed by atoms with Gasteiger partial charge in [0.25, 0.3) is 0 Å². The van der Waals surface area contributed by atoms with E-state index in [-0.39, 0.29) is 6.03 Å². The maximum absolute atomic E-state index is 12.1. The first-order chi connectivity index (χ1) is 9.10. The van der Waals surface area contributed by atoms with Crippen LogP contribution in [0.15, 0.2) is 22.7 Å². The van der Waals surface area contributed by atoms with E-state index < -0.39 is 0 Å². The first kappa shape index (κ1) is 14.6. The fourth-order valence-electron chi connectivity index (χ4n) is 2.16. The van der Waals surface area contributed by atoms with Gasteiger partial charge in [-0.15, -0.1) is 0 Å². The van der Waals surface area contributed by atoms with Crippen molar-refractivity contribution in [3.63, 3.8) is 0 Å². The number of nitrogens with two attached hydrogens (primary N) is 1. The van der Waals surface area contributed by atoms with Gasteiger partial charge < -0.3 is 16.0 Å². The Balaban J connectivity index is 1.94. The molecule has 0 spiro atoms. The van der Waals surface area contributed by atoms with Crippen molar-refractivity contribution in [1.29, 1.82) is 0 Å². The number of nitrogens with one attached hydrogen (secondary N) is 1. The van der Waals surface area contributed by atoms with E-state index in [4.69, 9.17) is 17.3 Å². The van der Waals surface area contributed by atoms with Gasteiger partial charge in [-0.2, -0.15) is 0 Å². The molecule has 1 aliphatic rings. The van der Waals surface area contributed by atoms with Crippen LogP contribution in [0.1, 0.15) is 12.8 Å². The highest BCUT2D eigenvalue weighted by Gasteiger charge is 2.22. The van der Waals surface area contributed by atoms with Gasteiger partial charge in [0.15, 0.2) is 0 Å². The average molecular weight is 347 g/mol. The highest BCUT2D eigenvalue weighted by molar-refractivity contribution is 9.10. The number of nitrogens with zero attached hydrogens (tertiary/aromatic N) is 1. The van der Waals surface area contributed by atoms with E-state index in [1.807, 2.05) is 11.0 Å². The van der Waals surface area contributed by atoms with E-state index in [1.165, 1.54) is 0 Å². The Morgan fingerprint density at radius 3 is 2.74 bits per heavy atom. The van der Waals surface area contributed by atoms with Gasteiger partial charge in [-0.1, -0.05) is 27.5 Å². The third-order valence-corrected chi connectivity index (χ3v) is 4.21. The number of hydrogen-bond acceptors (Lipinski definition) is 2. The number of benzene rings is 1. The topological polar surface area (TPSA) is 58.4 Å². The molecule has 0 aliphatic carbocycles. The maximum atomic E-state index is 12.1. The smallest absolute Gasteiger partial charge is 0.321 e. The summed E-state index contributed by atoms with van der Waals surface area (Å²) in [6.07, 6.45) is 1.94. The minimum absolute atomic E-state index is 0.0975.